The lowest BCUT2D eigenvalue weighted by Crippen LogP contribution is -2.48. The van der Waals surface area contributed by atoms with Gasteiger partial charge in [0.05, 0.1) is 0 Å². The number of phenolic OH excluding ortho intramolecular Hbond substituents is 1. The number of amides is 3. The van der Waals surface area contributed by atoms with Gasteiger partial charge in [0.15, 0.2) is 0 Å². The van der Waals surface area contributed by atoms with Crippen LogP contribution in [0.2, 0.25) is 0 Å². The first-order valence-corrected chi connectivity index (χ1v) is 16.6. The zero-order valence-corrected chi connectivity index (χ0v) is 26.4. The predicted molar refractivity (Wildman–Crippen MR) is 173 cm³/mol. The second kappa shape index (κ2) is 25.8. The molecule has 0 unspecified atom stereocenters. The molecule has 42 heavy (non-hydrogen) atoms. The fourth-order valence-corrected chi connectivity index (χ4v) is 4.78. The minimum absolute atomic E-state index is 0.0813. The summed E-state index contributed by atoms with van der Waals surface area (Å²) in [5.74, 6) is -0.705. The zero-order chi connectivity index (χ0) is 30.7. The maximum Gasteiger partial charge on any atom is 0.242 e. The van der Waals surface area contributed by atoms with E-state index in [1.165, 1.54) is 76.8 Å². The van der Waals surface area contributed by atoms with Crippen molar-refractivity contribution in [3.05, 3.63) is 29.8 Å². The van der Waals surface area contributed by atoms with Crippen LogP contribution in [0.3, 0.4) is 0 Å². The van der Waals surface area contributed by atoms with Crippen molar-refractivity contribution in [2.75, 3.05) is 19.6 Å². The summed E-state index contributed by atoms with van der Waals surface area (Å²) in [5.41, 5.74) is 0.512. The van der Waals surface area contributed by atoms with Gasteiger partial charge in [0.2, 0.25) is 17.7 Å². The molecule has 0 spiro atoms. The van der Waals surface area contributed by atoms with Crippen LogP contribution in [0.25, 0.3) is 0 Å². The summed E-state index contributed by atoms with van der Waals surface area (Å²) in [5, 5.41) is 18.5. The molecule has 0 aromatic heterocycles. The summed E-state index contributed by atoms with van der Waals surface area (Å²) >= 11 is 0. The average molecular weight is 587 g/mol. The number of phenols is 1. The highest BCUT2D eigenvalue weighted by Gasteiger charge is 2.21. The lowest BCUT2D eigenvalue weighted by Gasteiger charge is -2.18. The highest BCUT2D eigenvalue weighted by Crippen LogP contribution is 2.13. The van der Waals surface area contributed by atoms with E-state index in [4.69, 9.17) is 0 Å². The van der Waals surface area contributed by atoms with Gasteiger partial charge in [0.25, 0.3) is 0 Å². The molecular weight excluding hydrogens is 528 g/mol. The van der Waals surface area contributed by atoms with Gasteiger partial charge in [-0.25, -0.2) is 0 Å². The number of aliphatic imine (C=N–C) groups is 1. The lowest BCUT2D eigenvalue weighted by molar-refractivity contribution is -0.129. The first-order valence-electron chi connectivity index (χ1n) is 16.6. The van der Waals surface area contributed by atoms with Crippen LogP contribution in [0.15, 0.2) is 29.3 Å². The molecule has 0 fully saturated rings. The molecule has 0 aliphatic rings. The maximum atomic E-state index is 12.9. The number of hydrogen-bond donors (Lipinski definition) is 4. The fraction of sp³-hybridized carbons (Fsp3) is 0.706. The van der Waals surface area contributed by atoms with E-state index in [-0.39, 0.29) is 37.0 Å². The Morgan fingerprint density at radius 1 is 0.738 bits per heavy atom. The molecule has 4 N–H and O–H groups in total. The van der Waals surface area contributed by atoms with Gasteiger partial charge in [-0.3, -0.25) is 19.4 Å². The van der Waals surface area contributed by atoms with Gasteiger partial charge >= 0.3 is 0 Å². The third-order valence-corrected chi connectivity index (χ3v) is 7.40. The van der Waals surface area contributed by atoms with Crippen LogP contribution in [0.4, 0.5) is 0 Å². The molecule has 0 saturated carbocycles. The van der Waals surface area contributed by atoms with Crippen LogP contribution >= 0.6 is 0 Å². The second-order valence-electron chi connectivity index (χ2n) is 11.3. The topological polar surface area (TPSA) is 120 Å². The molecule has 1 aromatic carbocycles. The van der Waals surface area contributed by atoms with Crippen LogP contribution < -0.4 is 16.0 Å². The number of nitrogens with one attached hydrogen (secondary N) is 3. The van der Waals surface area contributed by atoms with E-state index >= 15 is 0 Å². The monoisotopic (exact) mass is 586 g/mol. The highest BCUT2D eigenvalue weighted by atomic mass is 16.3. The number of carbonyl (C=O) groups is 3. The molecular formula is C34H58N4O4. The van der Waals surface area contributed by atoms with Crippen LogP contribution in [-0.2, 0) is 14.4 Å². The summed E-state index contributed by atoms with van der Waals surface area (Å²) < 4.78 is 0. The van der Waals surface area contributed by atoms with Gasteiger partial charge in [-0.15, -0.1) is 0 Å². The van der Waals surface area contributed by atoms with Crippen molar-refractivity contribution in [3.8, 4) is 5.75 Å². The van der Waals surface area contributed by atoms with Crippen molar-refractivity contribution < 1.29 is 19.5 Å². The number of benzene rings is 1. The number of aromatic hydroxyl groups is 1. The number of hydrogen-bond acceptors (Lipinski definition) is 5. The molecule has 0 bridgehead atoms. The normalized spacial score (nSPS) is 11.9. The van der Waals surface area contributed by atoms with Gasteiger partial charge in [-0.1, -0.05) is 116 Å². The van der Waals surface area contributed by atoms with E-state index in [9.17, 15) is 19.5 Å². The van der Waals surface area contributed by atoms with Crippen molar-refractivity contribution in [2.24, 2.45) is 4.99 Å². The van der Waals surface area contributed by atoms with E-state index in [0.29, 0.717) is 18.7 Å². The average Bonchev–Trinajstić information content (AvgIpc) is 2.98. The molecule has 0 heterocycles. The van der Waals surface area contributed by atoms with E-state index in [1.54, 1.807) is 24.3 Å². The largest absolute Gasteiger partial charge is 0.507 e. The Balaban J connectivity index is 2.45. The van der Waals surface area contributed by atoms with Gasteiger partial charge in [0, 0.05) is 31.3 Å². The van der Waals surface area contributed by atoms with Gasteiger partial charge in [-0.2, -0.15) is 0 Å². The minimum Gasteiger partial charge on any atom is -0.507 e. The fourth-order valence-electron chi connectivity index (χ4n) is 4.78. The quantitative estimate of drug-likeness (QED) is 0.0723. The summed E-state index contributed by atoms with van der Waals surface area (Å²) in [7, 11) is 0. The molecule has 0 radical (unpaired) electrons. The van der Waals surface area contributed by atoms with Crippen molar-refractivity contribution in [3.63, 3.8) is 0 Å². The van der Waals surface area contributed by atoms with Crippen LogP contribution in [0.5, 0.6) is 5.75 Å². The Hall–Kier alpha value is -2.90. The molecule has 1 rings (SSSR count). The Bertz CT molecular complexity index is 890. The number of para-hydroxylation sites is 1. The van der Waals surface area contributed by atoms with Crippen LogP contribution in [0, 0.1) is 0 Å². The standard InChI is InChI=1S/C34H58N4O4/c1-3-5-7-9-11-13-15-19-25-36-32(40)24-23-30(34(42)37-26-20-16-14-12-10-8-6-4-2)38-33(41)28-35-27-29-21-17-18-22-31(29)39/h17-18,21-22,27,30,39H,3-16,19-20,23-26,28H2,1-2H3,(H,36,40)(H,37,42)(H,38,41)/t30-/m1/s1. The number of unbranched alkanes of at least 4 members (excludes halogenated alkanes) is 14. The van der Waals surface area contributed by atoms with Crippen LogP contribution in [-0.4, -0.2) is 54.7 Å². The predicted octanol–water partition coefficient (Wildman–Crippen LogP) is 6.59. The first-order chi connectivity index (χ1) is 20.5. The molecule has 238 valence electrons. The van der Waals surface area contributed by atoms with Crippen molar-refractivity contribution in [2.45, 2.75) is 135 Å². The lowest BCUT2D eigenvalue weighted by atomic mass is 10.1. The molecule has 1 aromatic rings. The maximum absolute atomic E-state index is 12.9. The summed E-state index contributed by atoms with van der Waals surface area (Å²) in [4.78, 5) is 42.1. The summed E-state index contributed by atoms with van der Waals surface area (Å²) in [6.45, 7) is 5.44. The third-order valence-electron chi connectivity index (χ3n) is 7.40. The SMILES string of the molecule is CCCCCCCCCCNC(=O)CC[C@@H](NC(=O)CN=Cc1ccccc1O)C(=O)NCCCCCCCCCC. The number of nitrogens with zero attached hydrogens (tertiary/aromatic N) is 1. The van der Waals surface area contributed by atoms with Crippen molar-refractivity contribution in [1.82, 2.24) is 16.0 Å². The highest BCUT2D eigenvalue weighted by molar-refractivity contribution is 5.90. The third kappa shape index (κ3) is 20.1. The second-order valence-corrected chi connectivity index (χ2v) is 11.3. The van der Waals surface area contributed by atoms with E-state index < -0.39 is 11.9 Å². The number of rotatable bonds is 26. The molecule has 0 aliphatic heterocycles. The molecule has 3 amide bonds. The number of carbonyl (C=O) groups excluding carboxylic acids is 3. The summed E-state index contributed by atoms with van der Waals surface area (Å²) in [6.07, 6.45) is 20.9. The molecule has 8 heteroatoms. The first kappa shape index (κ1) is 37.1. The smallest absolute Gasteiger partial charge is 0.242 e. The Morgan fingerprint density at radius 2 is 1.26 bits per heavy atom. The Morgan fingerprint density at radius 3 is 1.83 bits per heavy atom. The van der Waals surface area contributed by atoms with Gasteiger partial charge in [0.1, 0.15) is 18.3 Å². The van der Waals surface area contributed by atoms with Crippen LogP contribution in [0.1, 0.15) is 135 Å². The minimum atomic E-state index is -0.805. The van der Waals surface area contributed by atoms with E-state index in [0.717, 1.165) is 32.1 Å². The van der Waals surface area contributed by atoms with Gasteiger partial charge < -0.3 is 21.1 Å². The molecule has 0 aliphatic carbocycles. The van der Waals surface area contributed by atoms with Crippen molar-refractivity contribution in [1.29, 1.82) is 0 Å². The Labute approximate surface area is 254 Å². The van der Waals surface area contributed by atoms with E-state index in [2.05, 4.69) is 34.8 Å². The van der Waals surface area contributed by atoms with Gasteiger partial charge in [-0.05, 0) is 31.4 Å². The van der Waals surface area contributed by atoms with E-state index in [1.807, 2.05) is 0 Å². The molecule has 0 saturated heterocycles. The summed E-state index contributed by atoms with van der Waals surface area (Å²) in [6, 6.07) is 5.93. The molecule has 1 atom stereocenters. The molecule has 8 nitrogen and oxygen atoms in total. The zero-order valence-electron chi connectivity index (χ0n) is 26.4. The van der Waals surface area contributed by atoms with Crippen molar-refractivity contribution >= 4 is 23.9 Å². The Kier molecular flexibility index (Phi) is 22.8.